The first-order valence-electron chi connectivity index (χ1n) is 8.92. The first-order chi connectivity index (χ1) is 13.3. The number of benzene rings is 2. The Hall–Kier alpha value is -2.79. The van der Waals surface area contributed by atoms with E-state index in [-0.39, 0.29) is 24.4 Å². The molecule has 5 nitrogen and oxygen atoms in total. The van der Waals surface area contributed by atoms with Gasteiger partial charge in [0.1, 0.15) is 5.75 Å². The van der Waals surface area contributed by atoms with Gasteiger partial charge in [0.2, 0.25) is 0 Å². The summed E-state index contributed by atoms with van der Waals surface area (Å²) in [6.07, 6.45) is 1.54. The third kappa shape index (κ3) is 4.04. The molecule has 0 saturated carbocycles. The Morgan fingerprint density at radius 3 is 2.46 bits per heavy atom. The Labute approximate surface area is 169 Å². The molecule has 1 aliphatic heterocycles. The molecule has 28 heavy (non-hydrogen) atoms. The minimum atomic E-state index is -0.631. The largest absolute Gasteiger partial charge is 0.480 e. The summed E-state index contributed by atoms with van der Waals surface area (Å²) in [4.78, 5) is 26.2. The van der Waals surface area contributed by atoms with Gasteiger partial charge in [0.15, 0.2) is 19.0 Å². The number of ketones is 1. The lowest BCUT2D eigenvalue weighted by atomic mass is 9.83. The number of carbonyl (C=O) groups excluding carboxylic acids is 2. The highest BCUT2D eigenvalue weighted by Gasteiger charge is 2.38. The molecule has 0 fully saturated rings. The number of anilines is 1. The summed E-state index contributed by atoms with van der Waals surface area (Å²) < 4.78 is 10.4. The number of esters is 1. The number of para-hydroxylation sites is 2. The summed E-state index contributed by atoms with van der Waals surface area (Å²) in [5, 5.41) is 0.405. The van der Waals surface area contributed by atoms with E-state index in [0.29, 0.717) is 10.8 Å². The van der Waals surface area contributed by atoms with E-state index in [2.05, 4.69) is 19.9 Å². The van der Waals surface area contributed by atoms with Crippen LogP contribution in [-0.2, 0) is 19.7 Å². The van der Waals surface area contributed by atoms with Gasteiger partial charge in [-0.25, -0.2) is 4.79 Å². The number of likely N-dealkylation sites (N-methyl/N-ethyl adjacent to an activating group) is 1. The Kier molecular flexibility index (Phi) is 5.75. The third-order valence-corrected chi connectivity index (χ3v) is 5.11. The normalized spacial score (nSPS) is 16.0. The Morgan fingerprint density at radius 1 is 1.07 bits per heavy atom. The fourth-order valence-corrected chi connectivity index (χ4v) is 3.54. The van der Waals surface area contributed by atoms with Gasteiger partial charge in [0.25, 0.3) is 0 Å². The molecule has 1 heterocycles. The van der Waals surface area contributed by atoms with Crippen molar-refractivity contribution in [2.45, 2.75) is 19.3 Å². The van der Waals surface area contributed by atoms with E-state index in [0.717, 1.165) is 16.9 Å². The van der Waals surface area contributed by atoms with E-state index in [1.807, 2.05) is 30.1 Å². The fraction of sp³-hybridized carbons (Fsp3) is 0.273. The lowest BCUT2D eigenvalue weighted by molar-refractivity contribution is -0.148. The third-order valence-electron chi connectivity index (χ3n) is 4.80. The molecule has 0 bridgehead atoms. The molecule has 0 unspecified atom stereocenters. The van der Waals surface area contributed by atoms with Crippen LogP contribution in [0.2, 0.25) is 5.02 Å². The number of fused-ring (bicyclic) bond motifs is 1. The SMILES string of the molecule is CN1C(=CC(=O)COC(=O)COc2ccccc2Cl)C(C)(C)c2ccccc21. The number of ether oxygens (including phenoxy) is 2. The monoisotopic (exact) mass is 399 g/mol. The van der Waals surface area contributed by atoms with Gasteiger partial charge in [-0.15, -0.1) is 0 Å². The van der Waals surface area contributed by atoms with E-state index >= 15 is 0 Å². The lowest BCUT2D eigenvalue weighted by Gasteiger charge is -2.23. The predicted molar refractivity (Wildman–Crippen MR) is 109 cm³/mol. The van der Waals surface area contributed by atoms with Crippen molar-refractivity contribution in [3.05, 3.63) is 70.9 Å². The number of allylic oxidation sites excluding steroid dienone is 1. The quantitative estimate of drug-likeness (QED) is 0.539. The van der Waals surface area contributed by atoms with Crippen LogP contribution in [0.1, 0.15) is 19.4 Å². The molecule has 0 spiro atoms. The van der Waals surface area contributed by atoms with E-state index < -0.39 is 5.97 Å². The van der Waals surface area contributed by atoms with Crippen LogP contribution in [0, 0.1) is 0 Å². The fourth-order valence-electron chi connectivity index (χ4n) is 3.34. The molecule has 6 heteroatoms. The summed E-state index contributed by atoms with van der Waals surface area (Å²) >= 11 is 5.97. The second-order valence-electron chi connectivity index (χ2n) is 7.08. The van der Waals surface area contributed by atoms with Gasteiger partial charge in [-0.2, -0.15) is 0 Å². The molecule has 2 aromatic carbocycles. The van der Waals surface area contributed by atoms with Crippen molar-refractivity contribution >= 4 is 29.0 Å². The average Bonchev–Trinajstić information content (AvgIpc) is 2.87. The topological polar surface area (TPSA) is 55.8 Å². The minimum absolute atomic E-state index is 0.283. The minimum Gasteiger partial charge on any atom is -0.480 e. The van der Waals surface area contributed by atoms with Crippen molar-refractivity contribution in [1.29, 1.82) is 0 Å². The molecule has 2 aromatic rings. The molecule has 0 atom stereocenters. The maximum atomic E-state index is 12.4. The number of hydrogen-bond acceptors (Lipinski definition) is 5. The van der Waals surface area contributed by atoms with E-state index in [1.165, 1.54) is 0 Å². The van der Waals surface area contributed by atoms with Crippen LogP contribution in [0.25, 0.3) is 0 Å². The molecular formula is C22H22ClNO4. The van der Waals surface area contributed by atoms with E-state index in [1.54, 1.807) is 30.3 Å². The van der Waals surface area contributed by atoms with Gasteiger partial charge < -0.3 is 14.4 Å². The number of nitrogens with zero attached hydrogens (tertiary/aromatic N) is 1. The van der Waals surface area contributed by atoms with Gasteiger partial charge in [0.05, 0.1) is 5.02 Å². The van der Waals surface area contributed by atoms with Crippen molar-refractivity contribution in [3.63, 3.8) is 0 Å². The first-order valence-corrected chi connectivity index (χ1v) is 9.29. The second-order valence-corrected chi connectivity index (χ2v) is 7.48. The Bertz CT molecular complexity index is 936. The molecule has 146 valence electrons. The zero-order chi connectivity index (χ0) is 20.3. The van der Waals surface area contributed by atoms with Crippen molar-refractivity contribution in [1.82, 2.24) is 0 Å². The summed E-state index contributed by atoms with van der Waals surface area (Å²) in [6, 6.07) is 14.9. The molecule has 0 saturated heterocycles. The molecule has 0 aromatic heterocycles. The molecule has 3 rings (SSSR count). The second kappa shape index (κ2) is 8.07. The van der Waals surface area contributed by atoms with Crippen LogP contribution in [-0.4, -0.2) is 32.0 Å². The zero-order valence-electron chi connectivity index (χ0n) is 16.1. The summed E-state index contributed by atoms with van der Waals surface area (Å²) in [5.74, 6) is -0.524. The van der Waals surface area contributed by atoms with Crippen LogP contribution in [0.5, 0.6) is 5.75 Å². The summed E-state index contributed by atoms with van der Waals surface area (Å²) in [6.45, 7) is 3.48. The smallest absolute Gasteiger partial charge is 0.344 e. The van der Waals surface area contributed by atoms with E-state index in [9.17, 15) is 9.59 Å². The predicted octanol–water partition coefficient (Wildman–Crippen LogP) is 4.14. The molecule has 0 amide bonds. The maximum Gasteiger partial charge on any atom is 0.344 e. The van der Waals surface area contributed by atoms with Crippen molar-refractivity contribution in [3.8, 4) is 5.75 Å². The maximum absolute atomic E-state index is 12.4. The standard InChI is InChI=1S/C22H22ClNO4/c1-22(2)16-8-4-6-10-18(16)24(3)20(22)12-15(25)13-28-21(26)14-27-19-11-7-5-9-17(19)23/h4-12H,13-14H2,1-3H3. The highest BCUT2D eigenvalue weighted by atomic mass is 35.5. The number of rotatable bonds is 6. The van der Waals surface area contributed by atoms with Gasteiger partial charge >= 0.3 is 5.97 Å². The first kappa shape index (κ1) is 20.0. The van der Waals surface area contributed by atoms with Gasteiger partial charge in [-0.3, -0.25) is 4.79 Å². The number of carbonyl (C=O) groups is 2. The van der Waals surface area contributed by atoms with Gasteiger partial charge in [0, 0.05) is 29.9 Å². The lowest BCUT2D eigenvalue weighted by Crippen LogP contribution is -2.25. The average molecular weight is 400 g/mol. The van der Waals surface area contributed by atoms with Crippen LogP contribution < -0.4 is 9.64 Å². The molecule has 0 radical (unpaired) electrons. The van der Waals surface area contributed by atoms with Crippen LogP contribution in [0.3, 0.4) is 0 Å². The molecule has 0 aliphatic carbocycles. The summed E-state index contributed by atoms with van der Waals surface area (Å²) in [5.41, 5.74) is 2.78. The highest BCUT2D eigenvalue weighted by molar-refractivity contribution is 6.32. The van der Waals surface area contributed by atoms with Crippen LogP contribution in [0.15, 0.2) is 60.3 Å². The molecular weight excluding hydrogens is 378 g/mol. The van der Waals surface area contributed by atoms with E-state index in [4.69, 9.17) is 21.1 Å². The number of halogens is 1. The van der Waals surface area contributed by atoms with Crippen molar-refractivity contribution in [2.75, 3.05) is 25.2 Å². The Morgan fingerprint density at radius 2 is 1.75 bits per heavy atom. The van der Waals surface area contributed by atoms with Crippen molar-refractivity contribution < 1.29 is 19.1 Å². The highest BCUT2D eigenvalue weighted by Crippen LogP contribution is 2.46. The van der Waals surface area contributed by atoms with Gasteiger partial charge in [-0.1, -0.05) is 55.8 Å². The Balaban J connectivity index is 1.58. The summed E-state index contributed by atoms with van der Waals surface area (Å²) in [7, 11) is 1.93. The molecule has 0 N–H and O–H groups in total. The molecule has 1 aliphatic rings. The van der Waals surface area contributed by atoms with Crippen LogP contribution >= 0.6 is 11.6 Å². The number of hydrogen-bond donors (Lipinski definition) is 0. The van der Waals surface area contributed by atoms with Gasteiger partial charge in [-0.05, 0) is 23.8 Å². The zero-order valence-corrected chi connectivity index (χ0v) is 16.8. The van der Waals surface area contributed by atoms with Crippen molar-refractivity contribution in [2.24, 2.45) is 0 Å². The van der Waals surface area contributed by atoms with Crippen LogP contribution in [0.4, 0.5) is 5.69 Å².